The second kappa shape index (κ2) is 28.3. The molecule has 0 unspecified atom stereocenters. The third-order valence-corrected chi connectivity index (χ3v) is 25.6. The van der Waals surface area contributed by atoms with Crippen LogP contribution in [-0.4, -0.2) is 20.2 Å². The maximum absolute atomic E-state index is 10.7. The molecule has 8 heteroatoms. The van der Waals surface area contributed by atoms with Crippen molar-refractivity contribution < 1.29 is 19.2 Å². The van der Waals surface area contributed by atoms with Crippen LogP contribution in [0.15, 0.2) is 388 Å². The van der Waals surface area contributed by atoms with E-state index in [4.69, 9.17) is 6.57 Å². The molecule has 0 N–H and O–H groups in total. The van der Waals surface area contributed by atoms with Crippen LogP contribution in [0.3, 0.4) is 0 Å². The average Bonchev–Trinajstić information content (AvgIpc) is 1.43. The summed E-state index contributed by atoms with van der Waals surface area (Å²) in [7, 11) is 0. The summed E-state index contributed by atoms with van der Waals surface area (Å²) in [6.07, 6.45) is 0. The van der Waals surface area contributed by atoms with Gasteiger partial charge >= 0.3 is 0 Å². The molecule has 0 saturated carbocycles. The van der Waals surface area contributed by atoms with E-state index in [0.717, 1.165) is 144 Å². The number of nitrogens with zero attached hydrogens (tertiary/aromatic N) is 7. The summed E-state index contributed by atoms with van der Waals surface area (Å²) >= 11 is 0. The first kappa shape index (κ1) is 60.5. The van der Waals surface area contributed by atoms with E-state index >= 15 is 0 Å². The molecule has 0 saturated heterocycles. The first-order chi connectivity index (χ1) is 67.6. The van der Waals surface area contributed by atoms with Crippen molar-refractivity contribution in [2.24, 2.45) is 0 Å². The summed E-state index contributed by atoms with van der Waals surface area (Å²) in [5.74, 6) is 0. The van der Waals surface area contributed by atoms with Gasteiger partial charge in [-0.05, 0) is 191 Å². The molecule has 0 aliphatic carbocycles. The van der Waals surface area contributed by atoms with Gasteiger partial charge in [0.25, 0.3) is 6.71 Å². The van der Waals surface area contributed by atoms with E-state index in [1.54, 1.807) is 9.13 Å². The number of rotatable bonds is 11. The van der Waals surface area contributed by atoms with Gasteiger partial charge in [-0.15, -0.1) is 0 Å². The summed E-state index contributed by atoms with van der Waals surface area (Å²) in [4.78, 5) is 8.71. The average molecular weight is 1620 g/mol. The Balaban J connectivity index is 0.972. The lowest BCUT2D eigenvalue weighted by Gasteiger charge is -2.46. The molecule has 24 rings (SSSR count). The lowest BCUT2D eigenvalue weighted by molar-refractivity contribution is 0.590. The van der Waals surface area contributed by atoms with Gasteiger partial charge in [0.15, 0.2) is 5.69 Å². The van der Waals surface area contributed by atoms with Crippen LogP contribution in [0.1, 0.15) is 77.4 Å². The van der Waals surface area contributed by atoms with E-state index in [9.17, 15) is 24.5 Å². The molecule has 592 valence electrons. The van der Waals surface area contributed by atoms with Crippen molar-refractivity contribution in [3.05, 3.63) is 416 Å². The lowest BCUT2D eigenvalue weighted by Crippen LogP contribution is -2.61. The Kier molecular flexibility index (Phi) is 13.6. The highest BCUT2D eigenvalue weighted by Gasteiger charge is 2.49. The van der Waals surface area contributed by atoms with E-state index in [0.29, 0.717) is 45.4 Å². The first-order valence-electron chi connectivity index (χ1n) is 49.4. The number of benzene rings is 18. The van der Waals surface area contributed by atoms with Gasteiger partial charge in [-0.1, -0.05) is 332 Å². The Bertz CT molecular complexity index is 9130. The van der Waals surface area contributed by atoms with Crippen LogP contribution in [0.5, 0.6) is 0 Å². The number of aromatic nitrogens is 3. The quantitative estimate of drug-likeness (QED) is 0.0958. The Hall–Kier alpha value is -16.0. The SMILES string of the molecule is [2H]c1c([2H])c([2H])c2c(c1[2H])c1c([2H])c([2H])c(C(C)(C)C)c([2H])c1n2-c1ccc2c(c1)N(c1c(-c3ccccc3)cc(-c3ccc([N+]#[C-])cc3)cc1-c1ccccc1)c1c3c(c4c5ccc(-c6ccccc6)cc5n5c6ccccc6c1c45)N(c1c(-c4ccccc4)cc(-c4ccc(C#N)cc4)cc1-c1ccccc1)c1cc(-n4c5c([2H])c([2H])c([2H])c([2H])c5c5c([2H])c([2H])c(C(C)(C)C)c([2H])c54)ccc1B23. The Morgan fingerprint density at radius 1 is 0.333 bits per heavy atom. The number of fused-ring (bicyclic) bond motifs is 18. The summed E-state index contributed by atoms with van der Waals surface area (Å²) in [6, 6.07) is 100. The van der Waals surface area contributed by atoms with Crippen molar-refractivity contribution in [2.75, 3.05) is 9.80 Å². The third-order valence-electron chi connectivity index (χ3n) is 25.6. The van der Waals surface area contributed by atoms with Gasteiger partial charge in [0, 0.05) is 88.1 Å². The van der Waals surface area contributed by atoms with Gasteiger partial charge in [0.05, 0.1) is 98.8 Å². The van der Waals surface area contributed by atoms with Gasteiger partial charge in [-0.25, -0.2) is 4.85 Å². The van der Waals surface area contributed by atoms with Gasteiger partial charge in [0.2, 0.25) is 0 Å². The third kappa shape index (κ3) is 11.4. The van der Waals surface area contributed by atoms with Crippen molar-refractivity contribution in [1.82, 2.24) is 13.5 Å². The Labute approximate surface area is 752 Å². The molecule has 0 amide bonds. The molecule has 2 aliphatic rings. The molecule has 0 spiro atoms. The summed E-state index contributed by atoms with van der Waals surface area (Å²) in [6.45, 7) is 18.6. The van der Waals surface area contributed by atoms with E-state index in [1.165, 1.54) is 0 Å². The van der Waals surface area contributed by atoms with Gasteiger partial charge in [-0.3, -0.25) is 0 Å². The van der Waals surface area contributed by atoms with E-state index in [-0.39, 0.29) is 91.0 Å². The second-order valence-corrected chi connectivity index (χ2v) is 35.0. The standard InChI is InChI=1S/C118H82BN7/c1-117(2,3)84-52-59-91-89-39-23-26-42-101(89)122(105(91)68-84)87-56-61-99-107(70-87)125(112-97(79-35-19-11-20-36-79)65-83(76-49-54-86(121-7)55-50-76)66-98(112)80-37-21-12-22-38-80)115-109-93-41-25-28-44-103(93)124-104-67-81(74-29-13-8-14-30-74)51-58-94(104)110(114(109)124)116-111(115)119(99)100-62-57-88(123-102-43-27-24-40-90(102)92-60-53-85(69-106(92)123)118(4,5)6)71-108(100)126(116)113-95(77-31-15-9-16-32-77)63-82(75-47-45-73(72-120)46-48-75)64-96(113)78-33-17-10-18-34-78/h8-71H,1-6H3/i23D,24D,26D,27D,39D,40D,42D,43D,52D,53D,59D,60D,68D,69D. The summed E-state index contributed by atoms with van der Waals surface area (Å²) in [5, 5.41) is 13.9. The molecule has 0 fully saturated rings. The predicted molar refractivity (Wildman–Crippen MR) is 530 cm³/mol. The van der Waals surface area contributed by atoms with Crippen LogP contribution < -0.4 is 26.2 Å². The zero-order valence-electron chi connectivity index (χ0n) is 83.6. The number of hydrogen-bond acceptors (Lipinski definition) is 3. The zero-order valence-corrected chi connectivity index (χ0v) is 69.6. The molecule has 22 aromatic rings. The molecule has 0 atom stereocenters. The highest BCUT2D eigenvalue weighted by molar-refractivity contribution is 7.01. The fraction of sp³-hybridized carbons (Fsp3) is 0.0678. The summed E-state index contributed by atoms with van der Waals surface area (Å²) < 4.78 is 146. The summed E-state index contributed by atoms with van der Waals surface area (Å²) in [5.41, 5.74) is 21.0. The van der Waals surface area contributed by atoms with E-state index in [1.807, 2.05) is 193 Å². The fourth-order valence-corrected chi connectivity index (χ4v) is 19.8. The smallest absolute Gasteiger partial charge is 0.252 e. The van der Waals surface area contributed by atoms with Gasteiger partial charge < -0.3 is 23.3 Å². The predicted octanol–water partition coefficient (Wildman–Crippen LogP) is 29.8. The largest absolute Gasteiger partial charge is 0.309 e. The molecule has 4 aromatic heterocycles. The highest BCUT2D eigenvalue weighted by Crippen LogP contribution is 2.61. The molecule has 0 radical (unpaired) electrons. The maximum atomic E-state index is 10.7. The molecule has 18 aromatic carbocycles. The Morgan fingerprint density at radius 3 is 1.16 bits per heavy atom. The molecule has 7 nitrogen and oxygen atoms in total. The zero-order chi connectivity index (χ0) is 96.7. The molecule has 2 aliphatic heterocycles. The van der Waals surface area contributed by atoms with Crippen molar-refractivity contribution in [1.29, 1.82) is 5.26 Å². The van der Waals surface area contributed by atoms with Crippen LogP contribution in [0, 0.1) is 17.9 Å². The minimum atomic E-state index is -0.928. The van der Waals surface area contributed by atoms with Crippen molar-refractivity contribution >= 4 is 145 Å². The van der Waals surface area contributed by atoms with Crippen LogP contribution in [0.2, 0.25) is 0 Å². The molecular formula is C118H82BN7. The van der Waals surface area contributed by atoms with Crippen LogP contribution in [0.25, 0.3) is 176 Å². The van der Waals surface area contributed by atoms with Crippen LogP contribution >= 0.6 is 0 Å². The maximum Gasteiger partial charge on any atom is 0.252 e. The number of hydrogen-bond donors (Lipinski definition) is 0. The molecule has 126 heavy (non-hydrogen) atoms. The minimum absolute atomic E-state index is 0.00249. The molecule has 6 heterocycles. The normalized spacial score (nSPS) is 14.2. The lowest BCUT2D eigenvalue weighted by atomic mass is 9.33. The monoisotopic (exact) mass is 1620 g/mol. The van der Waals surface area contributed by atoms with Crippen LogP contribution in [0.4, 0.5) is 39.8 Å². The van der Waals surface area contributed by atoms with Crippen molar-refractivity contribution in [3.8, 4) is 95.3 Å². The van der Waals surface area contributed by atoms with Crippen molar-refractivity contribution in [2.45, 2.75) is 52.4 Å². The number of para-hydroxylation sites is 3. The van der Waals surface area contributed by atoms with Gasteiger partial charge in [-0.2, -0.15) is 5.26 Å². The number of anilines is 6. The van der Waals surface area contributed by atoms with Crippen LogP contribution in [-0.2, 0) is 10.8 Å². The topological polar surface area (TPSA) is 48.9 Å². The van der Waals surface area contributed by atoms with E-state index in [2.05, 4.69) is 177 Å². The number of nitriles is 1. The second-order valence-electron chi connectivity index (χ2n) is 35.0. The van der Waals surface area contributed by atoms with Crippen molar-refractivity contribution in [3.63, 3.8) is 0 Å². The molecular weight excluding hydrogens is 1530 g/mol. The molecule has 0 bridgehead atoms. The van der Waals surface area contributed by atoms with E-state index < -0.39 is 65.9 Å². The highest BCUT2D eigenvalue weighted by atomic mass is 15.2. The fourth-order valence-electron chi connectivity index (χ4n) is 19.8. The first-order valence-corrected chi connectivity index (χ1v) is 42.4. The van der Waals surface area contributed by atoms with Gasteiger partial charge in [0.1, 0.15) is 0 Å². The minimum Gasteiger partial charge on any atom is -0.309 e. The Morgan fingerprint density at radius 2 is 0.722 bits per heavy atom.